The third-order valence-corrected chi connectivity index (χ3v) is 4.37. The Hall–Kier alpha value is -1.21. The molecular formula is C11H18N4O2S. The molecule has 0 radical (unpaired) electrons. The van der Waals surface area contributed by atoms with Gasteiger partial charge in [0.2, 0.25) is 16.0 Å². The highest BCUT2D eigenvalue weighted by atomic mass is 32.2. The van der Waals surface area contributed by atoms with Crippen LogP contribution in [-0.4, -0.2) is 55.6 Å². The van der Waals surface area contributed by atoms with Crippen molar-refractivity contribution in [3.63, 3.8) is 0 Å². The van der Waals surface area contributed by atoms with Gasteiger partial charge in [-0.3, -0.25) is 0 Å². The summed E-state index contributed by atoms with van der Waals surface area (Å²) in [4.78, 5) is 10.5. The summed E-state index contributed by atoms with van der Waals surface area (Å²) in [5, 5.41) is 0. The summed E-state index contributed by atoms with van der Waals surface area (Å²) in [5.41, 5.74) is 1.03. The average molecular weight is 270 g/mol. The predicted molar refractivity (Wildman–Crippen MR) is 69.9 cm³/mol. The summed E-state index contributed by atoms with van der Waals surface area (Å²) in [6.45, 7) is 4.12. The molecule has 0 spiro atoms. The van der Waals surface area contributed by atoms with E-state index in [0.29, 0.717) is 12.5 Å². The van der Waals surface area contributed by atoms with E-state index in [9.17, 15) is 8.42 Å². The van der Waals surface area contributed by atoms with E-state index in [0.717, 1.165) is 24.6 Å². The maximum Gasteiger partial charge on any atom is 0.225 e. The number of aromatic nitrogens is 2. The van der Waals surface area contributed by atoms with Gasteiger partial charge in [0.25, 0.3) is 0 Å². The normalized spacial score (nSPS) is 17.0. The topological polar surface area (TPSA) is 66.4 Å². The van der Waals surface area contributed by atoms with Crippen molar-refractivity contribution < 1.29 is 8.42 Å². The van der Waals surface area contributed by atoms with Crippen LogP contribution in [0.25, 0.3) is 0 Å². The number of rotatable bonds is 4. The largest absolute Gasteiger partial charge is 0.340 e. The fourth-order valence-electron chi connectivity index (χ4n) is 1.90. The molecule has 1 saturated heterocycles. The Balaban J connectivity index is 1.86. The van der Waals surface area contributed by atoms with E-state index in [2.05, 4.69) is 14.9 Å². The Labute approximate surface area is 108 Å². The fourth-order valence-corrected chi connectivity index (χ4v) is 2.38. The number of hydrogen-bond donors (Lipinski definition) is 0. The highest BCUT2D eigenvalue weighted by molar-refractivity contribution is 7.88. The van der Waals surface area contributed by atoms with Crippen LogP contribution >= 0.6 is 0 Å². The van der Waals surface area contributed by atoms with Crippen molar-refractivity contribution in [3.8, 4) is 0 Å². The van der Waals surface area contributed by atoms with E-state index >= 15 is 0 Å². The van der Waals surface area contributed by atoms with Crippen molar-refractivity contribution in [2.24, 2.45) is 5.92 Å². The standard InChI is InChI=1S/C11H18N4O2S/c1-9-4-12-11(13-5-9)15-7-10(8-15)6-14(2)18(3,16)17/h4-5,10H,6-8H2,1-3H3. The van der Waals surface area contributed by atoms with Crippen molar-refractivity contribution in [2.75, 3.05) is 37.8 Å². The summed E-state index contributed by atoms with van der Waals surface area (Å²) in [6.07, 6.45) is 4.81. The molecule has 0 bridgehead atoms. The Morgan fingerprint density at radius 2 is 1.94 bits per heavy atom. The third-order valence-electron chi connectivity index (χ3n) is 3.09. The van der Waals surface area contributed by atoms with E-state index in [1.807, 2.05) is 6.92 Å². The van der Waals surface area contributed by atoms with Crippen LogP contribution in [0.3, 0.4) is 0 Å². The molecule has 2 rings (SSSR count). The first-order valence-electron chi connectivity index (χ1n) is 5.81. The van der Waals surface area contributed by atoms with Crippen LogP contribution in [-0.2, 0) is 10.0 Å². The lowest BCUT2D eigenvalue weighted by Crippen LogP contribution is -2.52. The molecule has 0 atom stereocenters. The molecule has 1 aromatic heterocycles. The lowest BCUT2D eigenvalue weighted by Gasteiger charge is -2.40. The molecule has 0 amide bonds. The molecule has 0 aliphatic carbocycles. The van der Waals surface area contributed by atoms with Gasteiger partial charge >= 0.3 is 0 Å². The van der Waals surface area contributed by atoms with E-state index in [4.69, 9.17) is 0 Å². The molecule has 1 fully saturated rings. The summed E-state index contributed by atoms with van der Waals surface area (Å²) in [5.74, 6) is 1.08. The first-order chi connectivity index (χ1) is 8.36. The van der Waals surface area contributed by atoms with Gasteiger partial charge in [-0.2, -0.15) is 0 Å². The molecule has 100 valence electrons. The number of nitrogens with zero attached hydrogens (tertiary/aromatic N) is 4. The summed E-state index contributed by atoms with van der Waals surface area (Å²) in [7, 11) is -1.47. The first kappa shape index (κ1) is 13.2. The Morgan fingerprint density at radius 3 is 2.44 bits per heavy atom. The second-order valence-corrected chi connectivity index (χ2v) is 6.96. The van der Waals surface area contributed by atoms with Crippen LogP contribution < -0.4 is 4.90 Å². The Kier molecular flexibility index (Phi) is 3.54. The van der Waals surface area contributed by atoms with Gasteiger partial charge in [-0.15, -0.1) is 0 Å². The lowest BCUT2D eigenvalue weighted by molar-refractivity contribution is 0.325. The maximum absolute atomic E-state index is 11.3. The molecule has 1 aliphatic heterocycles. The van der Waals surface area contributed by atoms with Gasteiger partial charge in [0.1, 0.15) is 0 Å². The zero-order chi connectivity index (χ0) is 13.3. The number of sulfonamides is 1. The van der Waals surface area contributed by atoms with E-state index in [-0.39, 0.29) is 0 Å². The van der Waals surface area contributed by atoms with Gasteiger partial charge in [0, 0.05) is 45.0 Å². The van der Waals surface area contributed by atoms with Crippen molar-refractivity contribution in [2.45, 2.75) is 6.92 Å². The van der Waals surface area contributed by atoms with Gasteiger partial charge < -0.3 is 4.90 Å². The van der Waals surface area contributed by atoms with Crippen LogP contribution in [0.5, 0.6) is 0 Å². The monoisotopic (exact) mass is 270 g/mol. The molecule has 1 aromatic rings. The van der Waals surface area contributed by atoms with Gasteiger partial charge in [-0.05, 0) is 12.5 Å². The predicted octanol–water partition coefficient (Wildman–Crippen LogP) is 0.113. The summed E-state index contributed by atoms with van der Waals surface area (Å²) < 4.78 is 24.0. The van der Waals surface area contributed by atoms with E-state index < -0.39 is 10.0 Å². The minimum atomic E-state index is -3.08. The number of hydrogen-bond acceptors (Lipinski definition) is 5. The smallest absolute Gasteiger partial charge is 0.225 e. The molecule has 0 aromatic carbocycles. The second kappa shape index (κ2) is 4.81. The SMILES string of the molecule is Cc1cnc(N2CC(CN(C)S(C)(=O)=O)C2)nc1. The third kappa shape index (κ3) is 2.97. The molecular weight excluding hydrogens is 252 g/mol. The summed E-state index contributed by atoms with van der Waals surface area (Å²) >= 11 is 0. The van der Waals surface area contributed by atoms with Crippen molar-refractivity contribution in [1.82, 2.24) is 14.3 Å². The van der Waals surface area contributed by atoms with E-state index in [1.54, 1.807) is 19.4 Å². The number of anilines is 1. The quantitative estimate of drug-likeness (QED) is 0.777. The van der Waals surface area contributed by atoms with Crippen LogP contribution in [0.2, 0.25) is 0 Å². The molecule has 6 nitrogen and oxygen atoms in total. The number of aryl methyl sites for hydroxylation is 1. The van der Waals surface area contributed by atoms with Crippen molar-refractivity contribution >= 4 is 16.0 Å². The van der Waals surface area contributed by atoms with Crippen LogP contribution in [0.15, 0.2) is 12.4 Å². The molecule has 0 N–H and O–H groups in total. The minimum absolute atomic E-state index is 0.356. The second-order valence-electron chi connectivity index (χ2n) is 4.87. The highest BCUT2D eigenvalue weighted by Gasteiger charge is 2.30. The van der Waals surface area contributed by atoms with Gasteiger partial charge in [-0.25, -0.2) is 22.7 Å². The minimum Gasteiger partial charge on any atom is -0.340 e. The summed E-state index contributed by atoms with van der Waals surface area (Å²) in [6, 6.07) is 0. The average Bonchev–Trinajstić information content (AvgIpc) is 2.23. The fraction of sp³-hybridized carbons (Fsp3) is 0.636. The van der Waals surface area contributed by atoms with Crippen LogP contribution in [0.4, 0.5) is 5.95 Å². The lowest BCUT2D eigenvalue weighted by atomic mass is 10.0. The molecule has 18 heavy (non-hydrogen) atoms. The first-order valence-corrected chi connectivity index (χ1v) is 7.66. The Bertz CT molecular complexity index is 508. The van der Waals surface area contributed by atoms with E-state index in [1.165, 1.54) is 10.6 Å². The van der Waals surface area contributed by atoms with Gasteiger partial charge in [0.15, 0.2) is 0 Å². The zero-order valence-electron chi connectivity index (χ0n) is 10.9. The van der Waals surface area contributed by atoms with Crippen LogP contribution in [0.1, 0.15) is 5.56 Å². The zero-order valence-corrected chi connectivity index (χ0v) is 11.7. The van der Waals surface area contributed by atoms with Gasteiger partial charge in [0.05, 0.1) is 6.26 Å². The van der Waals surface area contributed by atoms with Crippen molar-refractivity contribution in [3.05, 3.63) is 18.0 Å². The van der Waals surface area contributed by atoms with Gasteiger partial charge in [-0.1, -0.05) is 0 Å². The van der Waals surface area contributed by atoms with Crippen LogP contribution in [0, 0.1) is 12.8 Å². The molecule has 7 heteroatoms. The highest BCUT2D eigenvalue weighted by Crippen LogP contribution is 2.21. The molecule has 2 heterocycles. The maximum atomic E-state index is 11.3. The molecule has 0 saturated carbocycles. The molecule has 0 unspecified atom stereocenters. The van der Waals surface area contributed by atoms with Crippen molar-refractivity contribution in [1.29, 1.82) is 0 Å². The molecule has 1 aliphatic rings. The Morgan fingerprint density at radius 1 is 1.39 bits per heavy atom.